The molecule has 1 aliphatic rings. The monoisotopic (exact) mass is 284 g/mol. The number of rotatable bonds is 0. The number of likely N-dealkylation sites (tertiary alicyclic amines) is 1. The number of carbonyl (C=O) groups is 1. The van der Waals surface area contributed by atoms with E-state index >= 15 is 0 Å². The fourth-order valence-electron chi connectivity index (χ4n) is 2.17. The first-order valence-corrected chi connectivity index (χ1v) is 5.28. The van der Waals surface area contributed by atoms with Gasteiger partial charge in [0.25, 0.3) is 0 Å². The molecule has 0 bridgehead atoms. The molecular weight excluding hydrogens is 263 g/mol. The van der Waals surface area contributed by atoms with Crippen LogP contribution >= 0.6 is 0 Å². The summed E-state index contributed by atoms with van der Waals surface area (Å²) in [6.07, 6.45) is 2.08. The van der Waals surface area contributed by atoms with Crippen molar-refractivity contribution in [3.63, 3.8) is 0 Å². The minimum absolute atomic E-state index is 0. The van der Waals surface area contributed by atoms with E-state index in [1.54, 1.807) is 4.90 Å². The van der Waals surface area contributed by atoms with Crippen LogP contribution in [0, 0.1) is 25.2 Å². The molecular formula is C12H21NOY-2. The molecule has 0 aliphatic carbocycles. The Hall–Kier alpha value is 0.444. The number of hydrogen-bond donors (Lipinski definition) is 0. The number of amides is 1. The molecule has 2 atom stereocenters. The van der Waals surface area contributed by atoms with E-state index in [1.165, 1.54) is 0 Å². The van der Waals surface area contributed by atoms with Crippen LogP contribution in [0.15, 0.2) is 0 Å². The minimum Gasteiger partial charge on any atom is -0.395 e. The number of hydrogen-bond acceptors (Lipinski definition) is 1. The molecule has 1 saturated heterocycles. The Kier molecular flexibility index (Phi) is 5.85. The molecule has 3 heteroatoms. The molecule has 0 aromatic rings. The van der Waals surface area contributed by atoms with Gasteiger partial charge in [0, 0.05) is 39.3 Å². The van der Waals surface area contributed by atoms with Crippen LogP contribution in [-0.4, -0.2) is 23.4 Å². The van der Waals surface area contributed by atoms with Crippen LogP contribution < -0.4 is 0 Å². The topological polar surface area (TPSA) is 20.3 Å². The van der Waals surface area contributed by atoms with Crippen molar-refractivity contribution in [1.82, 2.24) is 4.90 Å². The average molecular weight is 284 g/mol. The maximum absolute atomic E-state index is 11.1. The Morgan fingerprint density at radius 3 is 2.27 bits per heavy atom. The maximum atomic E-state index is 11.1. The largest absolute Gasteiger partial charge is 0.395 e. The molecule has 0 aromatic heterocycles. The van der Waals surface area contributed by atoms with Gasteiger partial charge >= 0.3 is 0 Å². The molecule has 1 amide bonds. The molecule has 0 saturated carbocycles. The zero-order valence-electron chi connectivity index (χ0n) is 10.1. The summed E-state index contributed by atoms with van der Waals surface area (Å²) >= 11 is 0. The summed E-state index contributed by atoms with van der Waals surface area (Å²) in [5.41, 5.74) is 0.326. The second kappa shape index (κ2) is 5.68. The Morgan fingerprint density at radius 1 is 1.40 bits per heavy atom. The van der Waals surface area contributed by atoms with E-state index in [4.69, 9.17) is 0 Å². The third kappa shape index (κ3) is 4.07. The van der Waals surface area contributed by atoms with E-state index < -0.39 is 0 Å². The van der Waals surface area contributed by atoms with Gasteiger partial charge in [-0.2, -0.15) is 0 Å². The van der Waals surface area contributed by atoms with Gasteiger partial charge in [-0.3, -0.25) is 0 Å². The van der Waals surface area contributed by atoms with E-state index in [9.17, 15) is 4.79 Å². The Morgan fingerprint density at radius 2 is 1.93 bits per heavy atom. The Bertz CT molecular complexity index is 222. The van der Waals surface area contributed by atoms with Crippen molar-refractivity contribution in [2.24, 2.45) is 11.3 Å². The first-order chi connectivity index (χ1) is 6.32. The standard InChI is InChI=1S/C12H21NO.Y/c1-9-8-11(12(3,4)5)6-7-13(9)10(2)14;/h9,11H,1-2,6-8H2,3-5H3;/q-2;/t9-,11+;/m0./s1. The van der Waals surface area contributed by atoms with Gasteiger partial charge in [0.15, 0.2) is 0 Å². The third-order valence-electron chi connectivity index (χ3n) is 3.26. The van der Waals surface area contributed by atoms with Crippen LogP contribution in [0.5, 0.6) is 0 Å². The predicted molar refractivity (Wildman–Crippen MR) is 58.4 cm³/mol. The molecule has 85 valence electrons. The zero-order chi connectivity index (χ0) is 10.9. The fraction of sp³-hybridized carbons (Fsp3) is 0.750. The van der Waals surface area contributed by atoms with Gasteiger partial charge < -0.3 is 23.5 Å². The first-order valence-electron chi connectivity index (χ1n) is 5.28. The van der Waals surface area contributed by atoms with Crippen molar-refractivity contribution >= 4 is 5.91 Å². The maximum Gasteiger partial charge on any atom is 0.0801 e. The second-order valence-corrected chi connectivity index (χ2v) is 5.33. The van der Waals surface area contributed by atoms with Crippen LogP contribution in [0.25, 0.3) is 0 Å². The summed E-state index contributed by atoms with van der Waals surface area (Å²) in [5.74, 6) is 0.581. The van der Waals surface area contributed by atoms with Gasteiger partial charge in [0.05, 0.1) is 5.91 Å². The summed E-state index contributed by atoms with van der Waals surface area (Å²) in [4.78, 5) is 12.9. The van der Waals surface area contributed by atoms with Gasteiger partial charge in [0.1, 0.15) is 0 Å². The van der Waals surface area contributed by atoms with Crippen LogP contribution in [0.2, 0.25) is 0 Å². The quantitative estimate of drug-likeness (QED) is 0.625. The van der Waals surface area contributed by atoms with E-state index in [1.807, 2.05) is 0 Å². The number of piperidine rings is 1. The smallest absolute Gasteiger partial charge is 0.0801 e. The molecule has 1 aliphatic heterocycles. The Labute approximate surface area is 119 Å². The van der Waals surface area contributed by atoms with Gasteiger partial charge in [-0.05, 0) is 17.8 Å². The molecule has 0 unspecified atom stereocenters. The molecule has 15 heavy (non-hydrogen) atoms. The summed E-state index contributed by atoms with van der Waals surface area (Å²) in [5, 5.41) is 0. The number of nitrogens with zero attached hydrogens (tertiary/aromatic N) is 1. The third-order valence-corrected chi connectivity index (χ3v) is 3.26. The van der Waals surface area contributed by atoms with Gasteiger partial charge in [-0.15, -0.1) is 0 Å². The van der Waals surface area contributed by atoms with Crippen molar-refractivity contribution in [2.75, 3.05) is 6.54 Å². The van der Waals surface area contributed by atoms with Crippen LogP contribution in [-0.2, 0) is 37.5 Å². The van der Waals surface area contributed by atoms with Crippen molar-refractivity contribution in [2.45, 2.75) is 39.7 Å². The summed E-state index contributed by atoms with van der Waals surface area (Å²) < 4.78 is 0. The molecule has 2 nitrogen and oxygen atoms in total. The van der Waals surface area contributed by atoms with Crippen molar-refractivity contribution < 1.29 is 37.5 Å². The van der Waals surface area contributed by atoms with Gasteiger partial charge in [-0.1, -0.05) is 33.2 Å². The molecule has 1 rings (SSSR count). The summed E-state index contributed by atoms with van der Waals surface area (Å²) in [6, 6.07) is 0.109. The SMILES string of the molecule is [CH2-]C(=O)N1CC[C@@H](C(C)(C)C)C[C@@H]1[CH2-].[Y]. The molecule has 0 spiro atoms. The summed E-state index contributed by atoms with van der Waals surface area (Å²) in [7, 11) is 0. The fourth-order valence-corrected chi connectivity index (χ4v) is 2.17. The van der Waals surface area contributed by atoms with E-state index in [0.29, 0.717) is 11.3 Å². The summed E-state index contributed by atoms with van der Waals surface area (Å²) in [6.45, 7) is 15.1. The number of carbonyl (C=O) groups excluding carboxylic acids is 1. The normalized spacial score (nSPS) is 27.1. The van der Waals surface area contributed by atoms with Crippen molar-refractivity contribution in [1.29, 1.82) is 0 Å². The molecule has 0 N–H and O–H groups in total. The zero-order valence-corrected chi connectivity index (χ0v) is 13.0. The van der Waals surface area contributed by atoms with Crippen LogP contribution in [0.3, 0.4) is 0 Å². The van der Waals surface area contributed by atoms with Crippen molar-refractivity contribution in [3.8, 4) is 0 Å². The molecule has 1 heterocycles. The van der Waals surface area contributed by atoms with Crippen LogP contribution in [0.1, 0.15) is 33.6 Å². The van der Waals surface area contributed by atoms with Gasteiger partial charge in [-0.25, -0.2) is 0 Å². The first kappa shape index (κ1) is 15.4. The molecule has 0 aromatic carbocycles. The van der Waals surface area contributed by atoms with E-state index in [2.05, 4.69) is 34.6 Å². The van der Waals surface area contributed by atoms with Crippen molar-refractivity contribution in [3.05, 3.63) is 13.8 Å². The van der Waals surface area contributed by atoms with E-state index in [-0.39, 0.29) is 44.7 Å². The molecule has 1 radical (unpaired) electrons. The predicted octanol–water partition coefficient (Wildman–Crippen LogP) is 2.31. The second-order valence-electron chi connectivity index (χ2n) is 5.33. The van der Waals surface area contributed by atoms with E-state index in [0.717, 1.165) is 19.4 Å². The molecule has 1 fully saturated rings. The Balaban J connectivity index is 0.00000196. The average Bonchev–Trinajstić information content (AvgIpc) is 2.01. The van der Waals surface area contributed by atoms with Gasteiger partial charge in [0.2, 0.25) is 0 Å². The van der Waals surface area contributed by atoms with Crippen LogP contribution in [0.4, 0.5) is 0 Å². The minimum atomic E-state index is -0.0858.